The summed E-state index contributed by atoms with van der Waals surface area (Å²) in [6, 6.07) is 8.90. The SMILES string of the molecule is C[C@H](NC(=O)Cc1cc(F)cc(F)c1)C(=O)N[C@H]1c2ccccc2C[C@H]1O. The zero-order valence-electron chi connectivity index (χ0n) is 14.7. The van der Waals surface area contributed by atoms with Gasteiger partial charge in [-0.25, -0.2) is 8.78 Å². The van der Waals surface area contributed by atoms with Gasteiger partial charge in [0, 0.05) is 12.5 Å². The molecule has 142 valence electrons. The van der Waals surface area contributed by atoms with E-state index in [0.717, 1.165) is 29.3 Å². The molecule has 1 aliphatic carbocycles. The Kier molecular flexibility index (Phi) is 5.51. The zero-order valence-corrected chi connectivity index (χ0v) is 14.7. The van der Waals surface area contributed by atoms with E-state index in [4.69, 9.17) is 0 Å². The van der Waals surface area contributed by atoms with Crippen LogP contribution in [0.2, 0.25) is 0 Å². The molecule has 0 radical (unpaired) electrons. The minimum absolute atomic E-state index is 0.178. The summed E-state index contributed by atoms with van der Waals surface area (Å²) >= 11 is 0. The normalized spacial score (nSPS) is 19.3. The second kappa shape index (κ2) is 7.84. The lowest BCUT2D eigenvalue weighted by Gasteiger charge is -2.21. The Morgan fingerprint density at radius 2 is 1.85 bits per heavy atom. The molecule has 0 saturated heterocycles. The first kappa shape index (κ1) is 19.0. The third-order valence-electron chi connectivity index (χ3n) is 4.56. The molecule has 2 aromatic rings. The predicted molar refractivity (Wildman–Crippen MR) is 94.7 cm³/mol. The third kappa shape index (κ3) is 4.49. The van der Waals surface area contributed by atoms with Crippen molar-refractivity contribution < 1.29 is 23.5 Å². The van der Waals surface area contributed by atoms with Gasteiger partial charge in [0.15, 0.2) is 0 Å². The van der Waals surface area contributed by atoms with Crippen LogP contribution in [-0.2, 0) is 22.4 Å². The van der Waals surface area contributed by atoms with E-state index < -0.39 is 41.6 Å². The maximum absolute atomic E-state index is 13.2. The van der Waals surface area contributed by atoms with E-state index in [9.17, 15) is 23.5 Å². The Morgan fingerprint density at radius 1 is 1.19 bits per heavy atom. The molecule has 3 rings (SSSR count). The van der Waals surface area contributed by atoms with E-state index >= 15 is 0 Å². The van der Waals surface area contributed by atoms with Crippen molar-refractivity contribution in [2.75, 3.05) is 0 Å². The molecule has 2 aromatic carbocycles. The first-order valence-corrected chi connectivity index (χ1v) is 8.64. The number of nitrogens with one attached hydrogen (secondary N) is 2. The molecule has 0 aromatic heterocycles. The topological polar surface area (TPSA) is 78.4 Å². The van der Waals surface area contributed by atoms with Crippen LogP contribution in [0.4, 0.5) is 8.78 Å². The molecule has 0 saturated carbocycles. The summed E-state index contributed by atoms with van der Waals surface area (Å²) in [6.07, 6.45) is -0.529. The van der Waals surface area contributed by atoms with E-state index in [-0.39, 0.29) is 12.0 Å². The van der Waals surface area contributed by atoms with Gasteiger partial charge in [-0.05, 0) is 35.7 Å². The van der Waals surface area contributed by atoms with Gasteiger partial charge in [-0.2, -0.15) is 0 Å². The van der Waals surface area contributed by atoms with Crippen LogP contribution in [-0.4, -0.2) is 29.1 Å². The van der Waals surface area contributed by atoms with Crippen LogP contribution in [0.15, 0.2) is 42.5 Å². The molecule has 0 bridgehead atoms. The molecular formula is C20H20F2N2O3. The van der Waals surface area contributed by atoms with Gasteiger partial charge in [-0.3, -0.25) is 9.59 Å². The minimum Gasteiger partial charge on any atom is -0.390 e. The molecule has 0 spiro atoms. The zero-order chi connectivity index (χ0) is 19.6. The summed E-state index contributed by atoms with van der Waals surface area (Å²) in [5.74, 6) is -2.51. The second-order valence-corrected chi connectivity index (χ2v) is 6.70. The Labute approximate surface area is 155 Å². The van der Waals surface area contributed by atoms with Crippen molar-refractivity contribution in [2.24, 2.45) is 0 Å². The van der Waals surface area contributed by atoms with Gasteiger partial charge in [0.25, 0.3) is 0 Å². The second-order valence-electron chi connectivity index (χ2n) is 6.70. The maximum Gasteiger partial charge on any atom is 0.242 e. The van der Waals surface area contributed by atoms with Crippen molar-refractivity contribution in [1.29, 1.82) is 0 Å². The molecule has 2 amide bonds. The van der Waals surface area contributed by atoms with Crippen molar-refractivity contribution in [3.63, 3.8) is 0 Å². The van der Waals surface area contributed by atoms with E-state index in [0.29, 0.717) is 6.42 Å². The number of hydrogen-bond acceptors (Lipinski definition) is 3. The largest absolute Gasteiger partial charge is 0.390 e. The summed E-state index contributed by atoms with van der Waals surface area (Å²) in [5, 5.41) is 15.4. The van der Waals surface area contributed by atoms with Crippen LogP contribution in [0.1, 0.15) is 29.7 Å². The highest BCUT2D eigenvalue weighted by Crippen LogP contribution is 2.31. The van der Waals surface area contributed by atoms with Gasteiger partial charge in [-0.1, -0.05) is 24.3 Å². The Bertz CT molecular complexity index is 852. The van der Waals surface area contributed by atoms with Crippen molar-refractivity contribution in [2.45, 2.75) is 38.0 Å². The highest BCUT2D eigenvalue weighted by molar-refractivity contribution is 5.88. The van der Waals surface area contributed by atoms with E-state index in [1.54, 1.807) is 0 Å². The maximum atomic E-state index is 13.2. The molecule has 1 aliphatic rings. The van der Waals surface area contributed by atoms with E-state index in [2.05, 4.69) is 10.6 Å². The summed E-state index contributed by atoms with van der Waals surface area (Å²) in [4.78, 5) is 24.5. The standard InChI is InChI=1S/C20H20F2N2O3/c1-11(23-18(26)8-12-6-14(21)10-15(22)7-12)20(27)24-19-16-5-3-2-4-13(16)9-17(19)25/h2-7,10-11,17,19,25H,8-9H2,1H3,(H,23,26)(H,24,27)/t11-,17+,19-/m0/s1. The van der Waals surface area contributed by atoms with Crippen LogP contribution in [0, 0.1) is 11.6 Å². The Balaban J connectivity index is 1.58. The number of aliphatic hydroxyl groups is 1. The average molecular weight is 374 g/mol. The van der Waals surface area contributed by atoms with Crippen LogP contribution in [0.3, 0.4) is 0 Å². The van der Waals surface area contributed by atoms with Gasteiger partial charge >= 0.3 is 0 Å². The Hall–Kier alpha value is -2.80. The first-order valence-electron chi connectivity index (χ1n) is 8.64. The van der Waals surface area contributed by atoms with Gasteiger partial charge in [0.1, 0.15) is 17.7 Å². The average Bonchev–Trinajstić information content (AvgIpc) is 2.89. The number of fused-ring (bicyclic) bond motifs is 1. The fourth-order valence-corrected chi connectivity index (χ4v) is 3.28. The fourth-order valence-electron chi connectivity index (χ4n) is 3.28. The minimum atomic E-state index is -0.865. The number of carbonyl (C=O) groups excluding carboxylic acids is 2. The molecule has 7 heteroatoms. The molecular weight excluding hydrogens is 354 g/mol. The van der Waals surface area contributed by atoms with Gasteiger partial charge in [0.2, 0.25) is 11.8 Å². The lowest BCUT2D eigenvalue weighted by atomic mass is 10.1. The quantitative estimate of drug-likeness (QED) is 0.747. The summed E-state index contributed by atoms with van der Waals surface area (Å²) in [7, 11) is 0. The highest BCUT2D eigenvalue weighted by Gasteiger charge is 2.32. The molecule has 0 fully saturated rings. The van der Waals surface area contributed by atoms with Gasteiger partial charge in [-0.15, -0.1) is 0 Å². The van der Waals surface area contributed by atoms with Crippen molar-refractivity contribution in [3.05, 3.63) is 70.8 Å². The summed E-state index contributed by atoms with van der Waals surface area (Å²) in [5.41, 5.74) is 2.00. The molecule has 0 unspecified atom stereocenters. The summed E-state index contributed by atoms with van der Waals surface area (Å²) in [6.45, 7) is 1.51. The Morgan fingerprint density at radius 3 is 2.56 bits per heavy atom. The number of rotatable bonds is 5. The molecule has 27 heavy (non-hydrogen) atoms. The smallest absolute Gasteiger partial charge is 0.242 e. The molecule has 3 atom stereocenters. The molecule has 0 heterocycles. The van der Waals surface area contributed by atoms with Crippen molar-refractivity contribution >= 4 is 11.8 Å². The van der Waals surface area contributed by atoms with Crippen LogP contribution < -0.4 is 10.6 Å². The third-order valence-corrected chi connectivity index (χ3v) is 4.56. The number of carbonyl (C=O) groups is 2. The van der Waals surface area contributed by atoms with E-state index in [1.807, 2.05) is 24.3 Å². The number of halogens is 2. The van der Waals surface area contributed by atoms with Gasteiger partial charge < -0.3 is 15.7 Å². The highest BCUT2D eigenvalue weighted by atomic mass is 19.1. The molecule has 0 aliphatic heterocycles. The first-order chi connectivity index (χ1) is 12.8. The summed E-state index contributed by atoms with van der Waals surface area (Å²) < 4.78 is 26.4. The number of aliphatic hydroxyl groups excluding tert-OH is 1. The number of hydrogen-bond donors (Lipinski definition) is 3. The van der Waals surface area contributed by atoms with Crippen LogP contribution in [0.5, 0.6) is 0 Å². The molecule has 5 nitrogen and oxygen atoms in total. The van der Waals surface area contributed by atoms with Gasteiger partial charge in [0.05, 0.1) is 18.6 Å². The van der Waals surface area contributed by atoms with Crippen LogP contribution in [0.25, 0.3) is 0 Å². The fraction of sp³-hybridized carbons (Fsp3) is 0.300. The van der Waals surface area contributed by atoms with Crippen molar-refractivity contribution in [1.82, 2.24) is 10.6 Å². The van der Waals surface area contributed by atoms with Crippen molar-refractivity contribution in [3.8, 4) is 0 Å². The number of amides is 2. The lowest BCUT2D eigenvalue weighted by molar-refractivity contribution is -0.129. The molecule has 3 N–H and O–H groups in total. The monoisotopic (exact) mass is 374 g/mol. The van der Waals surface area contributed by atoms with Crippen LogP contribution >= 0.6 is 0 Å². The number of benzene rings is 2. The van der Waals surface area contributed by atoms with E-state index in [1.165, 1.54) is 6.92 Å². The predicted octanol–water partition coefficient (Wildman–Crippen LogP) is 1.79. The lowest BCUT2D eigenvalue weighted by Crippen LogP contribution is -2.47.